The number of methoxy groups -OCH3 is 1. The molecule has 0 aliphatic carbocycles. The van der Waals surface area contributed by atoms with E-state index in [2.05, 4.69) is 10.3 Å². The fraction of sp³-hybridized carbons (Fsp3) is 0.296. The molecule has 0 aromatic heterocycles. The molecule has 1 atom stereocenters. The number of fused-ring (bicyclic) bond motifs is 1. The summed E-state index contributed by atoms with van der Waals surface area (Å²) in [6.45, 7) is 7.69. The average molecular weight is 508 g/mol. The highest BCUT2D eigenvalue weighted by molar-refractivity contribution is 8.16. The SMILES string of the molecule is CCOC(=O)C1=C(C)N=C2SC=CN2[C@@H]1c1ccc(OCC(=O)Nc2ccc(C)c(C)c2)c(OC)c1. The number of allylic oxidation sites excluding steroid dienone is 1. The van der Waals surface area contributed by atoms with Crippen LogP contribution in [0.2, 0.25) is 0 Å². The van der Waals surface area contributed by atoms with Gasteiger partial charge in [-0.15, -0.1) is 0 Å². The van der Waals surface area contributed by atoms with Crippen LogP contribution in [0.4, 0.5) is 5.69 Å². The minimum absolute atomic E-state index is 0.179. The molecule has 188 valence electrons. The normalized spacial score (nSPS) is 16.4. The smallest absolute Gasteiger partial charge is 0.338 e. The maximum absolute atomic E-state index is 12.9. The van der Waals surface area contributed by atoms with E-state index in [1.54, 1.807) is 13.0 Å². The summed E-state index contributed by atoms with van der Waals surface area (Å²) < 4.78 is 16.7. The van der Waals surface area contributed by atoms with Gasteiger partial charge >= 0.3 is 5.97 Å². The summed E-state index contributed by atoms with van der Waals surface area (Å²) in [5, 5.41) is 5.56. The van der Waals surface area contributed by atoms with Crippen LogP contribution >= 0.6 is 11.8 Å². The lowest BCUT2D eigenvalue weighted by molar-refractivity contribution is -0.139. The summed E-state index contributed by atoms with van der Waals surface area (Å²) in [6.07, 6.45) is 1.90. The lowest BCUT2D eigenvalue weighted by atomic mass is 9.94. The molecule has 0 spiro atoms. The number of nitrogens with zero attached hydrogens (tertiary/aromatic N) is 2. The van der Waals surface area contributed by atoms with E-state index in [0.717, 1.165) is 21.9 Å². The van der Waals surface area contributed by atoms with Crippen molar-refractivity contribution in [1.82, 2.24) is 4.90 Å². The van der Waals surface area contributed by atoms with Crippen LogP contribution < -0.4 is 14.8 Å². The molecule has 2 aromatic carbocycles. The highest BCUT2D eigenvalue weighted by Gasteiger charge is 2.37. The monoisotopic (exact) mass is 507 g/mol. The number of nitrogens with one attached hydrogen (secondary N) is 1. The summed E-state index contributed by atoms with van der Waals surface area (Å²) in [4.78, 5) is 31.9. The predicted molar refractivity (Wildman–Crippen MR) is 141 cm³/mol. The molecule has 0 bridgehead atoms. The third kappa shape index (κ3) is 5.26. The van der Waals surface area contributed by atoms with E-state index < -0.39 is 12.0 Å². The molecule has 0 saturated heterocycles. The van der Waals surface area contributed by atoms with E-state index in [-0.39, 0.29) is 19.1 Å². The number of thioether (sulfide) groups is 1. The van der Waals surface area contributed by atoms with E-state index in [4.69, 9.17) is 14.2 Å². The van der Waals surface area contributed by atoms with Gasteiger partial charge in [0.1, 0.15) is 0 Å². The zero-order valence-corrected chi connectivity index (χ0v) is 21.8. The zero-order chi connectivity index (χ0) is 25.8. The number of ether oxygens (including phenoxy) is 3. The highest BCUT2D eigenvalue weighted by atomic mass is 32.2. The number of benzene rings is 2. The summed E-state index contributed by atoms with van der Waals surface area (Å²) in [5.74, 6) is 0.188. The van der Waals surface area contributed by atoms with Crippen LogP contribution in [0.1, 0.15) is 36.6 Å². The second kappa shape index (κ2) is 10.9. The molecule has 2 aliphatic rings. The van der Waals surface area contributed by atoms with E-state index in [1.165, 1.54) is 18.9 Å². The largest absolute Gasteiger partial charge is 0.493 e. The maximum atomic E-state index is 12.9. The molecular weight excluding hydrogens is 478 g/mol. The number of esters is 1. The van der Waals surface area contributed by atoms with E-state index in [9.17, 15) is 9.59 Å². The van der Waals surface area contributed by atoms with Crippen molar-refractivity contribution in [2.75, 3.05) is 25.6 Å². The minimum Gasteiger partial charge on any atom is -0.493 e. The van der Waals surface area contributed by atoms with Crippen LogP contribution in [0.25, 0.3) is 0 Å². The van der Waals surface area contributed by atoms with Crippen molar-refractivity contribution in [3.63, 3.8) is 0 Å². The van der Waals surface area contributed by atoms with Crippen molar-refractivity contribution in [2.24, 2.45) is 4.99 Å². The van der Waals surface area contributed by atoms with E-state index >= 15 is 0 Å². The van der Waals surface area contributed by atoms with Crippen LogP contribution in [0.5, 0.6) is 11.5 Å². The maximum Gasteiger partial charge on any atom is 0.338 e. The second-order valence-corrected chi connectivity index (χ2v) is 9.25. The number of rotatable bonds is 8. The van der Waals surface area contributed by atoms with Crippen LogP contribution in [0, 0.1) is 13.8 Å². The number of carbonyl (C=O) groups excluding carboxylic acids is 2. The van der Waals surface area contributed by atoms with Crippen molar-refractivity contribution in [2.45, 2.75) is 33.7 Å². The molecule has 2 aromatic rings. The number of amides is 1. The van der Waals surface area contributed by atoms with Gasteiger partial charge in [-0.1, -0.05) is 23.9 Å². The van der Waals surface area contributed by atoms with Crippen molar-refractivity contribution >= 4 is 34.5 Å². The molecule has 2 aliphatic heterocycles. The summed E-state index contributed by atoms with van der Waals surface area (Å²) >= 11 is 1.49. The number of anilines is 1. The number of aliphatic imine (C=N–C) groups is 1. The number of hydrogen-bond donors (Lipinski definition) is 1. The minimum atomic E-state index is -0.432. The lowest BCUT2D eigenvalue weighted by Crippen LogP contribution is -2.34. The Morgan fingerprint density at radius 3 is 2.61 bits per heavy atom. The van der Waals surface area contributed by atoms with Crippen molar-refractivity contribution in [1.29, 1.82) is 0 Å². The topological polar surface area (TPSA) is 89.5 Å². The number of carbonyl (C=O) groups is 2. The first-order chi connectivity index (χ1) is 17.3. The molecular formula is C27H29N3O5S. The first-order valence-corrected chi connectivity index (χ1v) is 12.5. The summed E-state index contributed by atoms with van der Waals surface area (Å²) in [6, 6.07) is 10.7. The molecule has 8 nitrogen and oxygen atoms in total. The quantitative estimate of drug-likeness (QED) is 0.498. The lowest BCUT2D eigenvalue weighted by Gasteiger charge is -2.33. The van der Waals surface area contributed by atoms with Crippen LogP contribution in [0.15, 0.2) is 64.3 Å². The Kier molecular flexibility index (Phi) is 7.69. The fourth-order valence-corrected chi connectivity index (χ4v) is 4.82. The fourth-order valence-electron chi connectivity index (χ4n) is 4.03. The first kappa shape index (κ1) is 25.4. The number of hydrogen-bond acceptors (Lipinski definition) is 8. The Bertz CT molecular complexity index is 1280. The van der Waals surface area contributed by atoms with Gasteiger partial charge in [0.25, 0.3) is 5.91 Å². The number of aryl methyl sites for hydroxylation is 2. The van der Waals surface area contributed by atoms with Crippen molar-refractivity contribution in [3.05, 3.63) is 76.0 Å². The van der Waals surface area contributed by atoms with Gasteiger partial charge in [-0.3, -0.25) is 4.79 Å². The van der Waals surface area contributed by atoms with Crippen LogP contribution in [-0.4, -0.2) is 42.3 Å². The second-order valence-electron chi connectivity index (χ2n) is 8.37. The molecule has 2 heterocycles. The molecule has 1 amide bonds. The third-order valence-corrected chi connectivity index (χ3v) is 6.74. The van der Waals surface area contributed by atoms with Gasteiger partial charge in [0, 0.05) is 11.9 Å². The molecule has 9 heteroatoms. The van der Waals surface area contributed by atoms with Gasteiger partial charge in [0.15, 0.2) is 23.3 Å². The standard InChI is InChI=1S/C27H29N3O5S/c1-6-34-26(32)24-18(4)28-27-30(11-12-36-27)25(24)19-8-10-21(22(14-19)33-5)35-15-23(31)29-20-9-7-16(2)17(3)13-20/h7-14,25H,6,15H2,1-5H3,(H,29,31)/t25-/m1/s1. The predicted octanol–water partition coefficient (Wildman–Crippen LogP) is 5.10. The Morgan fingerprint density at radius 2 is 1.89 bits per heavy atom. The third-order valence-electron chi connectivity index (χ3n) is 5.97. The first-order valence-electron chi connectivity index (χ1n) is 11.6. The van der Waals surface area contributed by atoms with Crippen LogP contribution in [0.3, 0.4) is 0 Å². The summed E-state index contributed by atoms with van der Waals surface area (Å²) in [7, 11) is 1.54. The molecule has 36 heavy (non-hydrogen) atoms. The van der Waals surface area contributed by atoms with Crippen LogP contribution in [-0.2, 0) is 14.3 Å². The average Bonchev–Trinajstić information content (AvgIpc) is 3.32. The van der Waals surface area contributed by atoms with Gasteiger partial charge in [-0.25, -0.2) is 9.79 Å². The summed E-state index contributed by atoms with van der Waals surface area (Å²) in [5.41, 5.74) is 4.86. The van der Waals surface area contributed by atoms with Gasteiger partial charge in [0.05, 0.1) is 31.0 Å². The van der Waals surface area contributed by atoms with Crippen molar-refractivity contribution in [3.8, 4) is 11.5 Å². The zero-order valence-electron chi connectivity index (χ0n) is 21.0. The van der Waals surface area contributed by atoms with Gasteiger partial charge in [0.2, 0.25) is 0 Å². The Hall–Kier alpha value is -3.72. The van der Waals surface area contributed by atoms with Gasteiger partial charge in [-0.2, -0.15) is 0 Å². The Labute approximate surface area is 215 Å². The van der Waals surface area contributed by atoms with Gasteiger partial charge < -0.3 is 24.4 Å². The van der Waals surface area contributed by atoms with Gasteiger partial charge in [-0.05, 0) is 74.1 Å². The number of amidine groups is 1. The van der Waals surface area contributed by atoms with E-state index in [1.807, 2.05) is 67.6 Å². The molecule has 0 saturated carbocycles. The molecule has 1 N–H and O–H groups in total. The molecule has 0 radical (unpaired) electrons. The molecule has 0 fully saturated rings. The highest BCUT2D eigenvalue weighted by Crippen LogP contribution is 2.43. The van der Waals surface area contributed by atoms with Crippen molar-refractivity contribution < 1.29 is 23.8 Å². The van der Waals surface area contributed by atoms with E-state index in [0.29, 0.717) is 28.5 Å². The Balaban J connectivity index is 1.54. The Morgan fingerprint density at radius 1 is 1.08 bits per heavy atom. The molecule has 0 unspecified atom stereocenters. The molecule has 4 rings (SSSR count).